The van der Waals surface area contributed by atoms with Gasteiger partial charge in [-0.15, -0.1) is 0 Å². The first-order chi connectivity index (χ1) is 11.1. The summed E-state index contributed by atoms with van der Waals surface area (Å²) < 4.78 is 4.94. The first kappa shape index (κ1) is 15.3. The van der Waals surface area contributed by atoms with Crippen LogP contribution in [0, 0.1) is 6.92 Å². The van der Waals surface area contributed by atoms with E-state index in [9.17, 15) is 9.59 Å². The van der Waals surface area contributed by atoms with Gasteiger partial charge in [0.15, 0.2) is 5.82 Å². The number of carbonyl (C=O) groups is 2. The third kappa shape index (κ3) is 3.11. The molecule has 0 fully saturated rings. The minimum atomic E-state index is -0.626. The highest BCUT2D eigenvalue weighted by atomic mass is 16.5. The Morgan fingerprint density at radius 1 is 1.35 bits per heavy atom. The van der Waals surface area contributed by atoms with Crippen molar-refractivity contribution in [2.75, 3.05) is 10.2 Å². The Labute approximate surface area is 134 Å². The number of aromatic nitrogens is 1. The second-order valence-corrected chi connectivity index (χ2v) is 5.73. The zero-order valence-corrected chi connectivity index (χ0v) is 13.2. The van der Waals surface area contributed by atoms with Gasteiger partial charge in [0.25, 0.3) is 0 Å². The lowest BCUT2D eigenvalue weighted by Crippen LogP contribution is -2.45. The van der Waals surface area contributed by atoms with Crippen molar-refractivity contribution in [2.24, 2.45) is 0 Å². The Balaban J connectivity index is 1.86. The summed E-state index contributed by atoms with van der Waals surface area (Å²) in [7, 11) is 0. The molecule has 1 aromatic heterocycles. The van der Waals surface area contributed by atoms with Gasteiger partial charge in [-0.05, 0) is 38.3 Å². The van der Waals surface area contributed by atoms with E-state index in [1.54, 1.807) is 24.8 Å². The summed E-state index contributed by atoms with van der Waals surface area (Å²) in [6.07, 6.45) is 2.08. The van der Waals surface area contributed by atoms with Crippen LogP contribution in [0.2, 0.25) is 0 Å². The van der Waals surface area contributed by atoms with E-state index in [4.69, 9.17) is 4.52 Å². The van der Waals surface area contributed by atoms with Crippen LogP contribution in [0.15, 0.2) is 34.9 Å². The van der Waals surface area contributed by atoms with Crippen LogP contribution in [-0.4, -0.2) is 23.0 Å². The number of benzene rings is 1. The minimum absolute atomic E-state index is 0.0334. The Morgan fingerprint density at radius 2 is 2.13 bits per heavy atom. The van der Waals surface area contributed by atoms with Crippen molar-refractivity contribution in [1.29, 1.82) is 0 Å². The summed E-state index contributed by atoms with van der Waals surface area (Å²) in [6.45, 7) is 3.48. The SMILES string of the molecule is Cc1cc(NC(=O)C(C)N2C(=O)CCCc3ccccc32)no1. The van der Waals surface area contributed by atoms with Crippen LogP contribution < -0.4 is 10.2 Å². The van der Waals surface area contributed by atoms with Gasteiger partial charge in [-0.3, -0.25) is 14.5 Å². The summed E-state index contributed by atoms with van der Waals surface area (Å²) in [5, 5.41) is 6.45. The molecule has 0 aliphatic carbocycles. The second-order valence-electron chi connectivity index (χ2n) is 5.73. The van der Waals surface area contributed by atoms with E-state index < -0.39 is 6.04 Å². The number of fused-ring (bicyclic) bond motifs is 1. The maximum Gasteiger partial charge on any atom is 0.248 e. The minimum Gasteiger partial charge on any atom is -0.360 e. The maximum absolute atomic E-state index is 12.5. The Morgan fingerprint density at radius 3 is 2.87 bits per heavy atom. The molecule has 2 amide bonds. The normalized spacial score (nSPS) is 15.7. The van der Waals surface area contributed by atoms with E-state index in [2.05, 4.69) is 10.5 Å². The first-order valence-corrected chi connectivity index (χ1v) is 7.70. The number of nitrogens with one attached hydrogen (secondary N) is 1. The Bertz CT molecular complexity index is 738. The molecule has 1 aliphatic heterocycles. The predicted octanol–water partition coefficient (Wildman–Crippen LogP) is 2.68. The van der Waals surface area contributed by atoms with Gasteiger partial charge in [-0.25, -0.2) is 0 Å². The second kappa shape index (κ2) is 6.24. The fourth-order valence-corrected chi connectivity index (χ4v) is 2.84. The highest BCUT2D eigenvalue weighted by Crippen LogP contribution is 2.28. The molecule has 1 aliphatic rings. The zero-order chi connectivity index (χ0) is 16.4. The molecule has 1 N–H and O–H groups in total. The van der Waals surface area contributed by atoms with E-state index >= 15 is 0 Å². The number of carbonyl (C=O) groups excluding carboxylic acids is 2. The quantitative estimate of drug-likeness (QED) is 0.945. The van der Waals surface area contributed by atoms with Crippen molar-refractivity contribution < 1.29 is 14.1 Å². The van der Waals surface area contributed by atoms with Gasteiger partial charge < -0.3 is 9.84 Å². The number of hydrogen-bond acceptors (Lipinski definition) is 4. The molecule has 6 nitrogen and oxygen atoms in total. The smallest absolute Gasteiger partial charge is 0.248 e. The maximum atomic E-state index is 12.5. The lowest BCUT2D eigenvalue weighted by atomic mass is 10.1. The van der Waals surface area contributed by atoms with Crippen LogP contribution in [0.25, 0.3) is 0 Å². The van der Waals surface area contributed by atoms with Crippen molar-refractivity contribution in [3.8, 4) is 0 Å². The third-order valence-electron chi connectivity index (χ3n) is 4.00. The molecule has 2 aromatic rings. The van der Waals surface area contributed by atoms with E-state index in [1.165, 1.54) is 0 Å². The lowest BCUT2D eigenvalue weighted by molar-refractivity contribution is -0.123. The average Bonchev–Trinajstić information content (AvgIpc) is 2.85. The standard InChI is InChI=1S/C17H19N3O3/c1-11-10-15(19-23-11)18-17(22)12(2)20-14-8-4-3-6-13(14)7-5-9-16(20)21/h3-4,6,8,10,12H,5,7,9H2,1-2H3,(H,18,19,22). The van der Waals surface area contributed by atoms with Crippen LogP contribution in [0.1, 0.15) is 31.1 Å². The molecule has 0 saturated carbocycles. The van der Waals surface area contributed by atoms with Gasteiger partial charge in [0.1, 0.15) is 11.8 Å². The van der Waals surface area contributed by atoms with Crippen molar-refractivity contribution >= 4 is 23.3 Å². The Kier molecular flexibility index (Phi) is 4.14. The molecule has 1 atom stereocenters. The third-order valence-corrected chi connectivity index (χ3v) is 4.00. The molecule has 1 unspecified atom stereocenters. The number of aryl methyl sites for hydroxylation is 2. The van der Waals surface area contributed by atoms with Gasteiger partial charge in [0.05, 0.1) is 0 Å². The number of rotatable bonds is 3. The van der Waals surface area contributed by atoms with Crippen molar-refractivity contribution in [3.63, 3.8) is 0 Å². The topological polar surface area (TPSA) is 75.4 Å². The fourth-order valence-electron chi connectivity index (χ4n) is 2.84. The summed E-state index contributed by atoms with van der Waals surface area (Å²) in [6, 6.07) is 8.75. The molecule has 2 heterocycles. The van der Waals surface area contributed by atoms with Crippen LogP contribution >= 0.6 is 0 Å². The first-order valence-electron chi connectivity index (χ1n) is 7.70. The van der Waals surface area contributed by atoms with E-state index in [-0.39, 0.29) is 11.8 Å². The van der Waals surface area contributed by atoms with E-state index in [0.29, 0.717) is 18.0 Å². The number of hydrogen-bond donors (Lipinski definition) is 1. The van der Waals surface area contributed by atoms with E-state index in [1.807, 2.05) is 24.3 Å². The molecule has 0 spiro atoms. The Hall–Kier alpha value is -2.63. The molecule has 0 bridgehead atoms. The molecule has 0 radical (unpaired) electrons. The number of amides is 2. The predicted molar refractivity (Wildman–Crippen MR) is 86.2 cm³/mol. The van der Waals surface area contributed by atoms with Gasteiger partial charge in [0.2, 0.25) is 11.8 Å². The van der Waals surface area contributed by atoms with E-state index in [0.717, 1.165) is 24.1 Å². The van der Waals surface area contributed by atoms with Crippen LogP contribution in [0.5, 0.6) is 0 Å². The van der Waals surface area contributed by atoms with Crippen molar-refractivity contribution in [3.05, 3.63) is 41.7 Å². The number of nitrogens with zero attached hydrogens (tertiary/aromatic N) is 2. The molecule has 23 heavy (non-hydrogen) atoms. The van der Waals surface area contributed by atoms with Gasteiger partial charge in [0, 0.05) is 18.2 Å². The average molecular weight is 313 g/mol. The highest BCUT2D eigenvalue weighted by Gasteiger charge is 2.30. The van der Waals surface area contributed by atoms with Gasteiger partial charge >= 0.3 is 0 Å². The summed E-state index contributed by atoms with van der Waals surface area (Å²) >= 11 is 0. The zero-order valence-electron chi connectivity index (χ0n) is 13.2. The molecule has 0 saturated heterocycles. The van der Waals surface area contributed by atoms with Gasteiger partial charge in [-0.1, -0.05) is 23.4 Å². The van der Waals surface area contributed by atoms with Gasteiger partial charge in [-0.2, -0.15) is 0 Å². The molecular weight excluding hydrogens is 294 g/mol. The summed E-state index contributed by atoms with van der Waals surface area (Å²) in [5.74, 6) is 0.649. The van der Waals surface area contributed by atoms with Crippen LogP contribution in [-0.2, 0) is 16.0 Å². The fraction of sp³-hybridized carbons (Fsp3) is 0.353. The monoisotopic (exact) mass is 313 g/mol. The van der Waals surface area contributed by atoms with Crippen LogP contribution in [0.4, 0.5) is 11.5 Å². The molecule has 1 aromatic carbocycles. The number of anilines is 2. The molecule has 120 valence electrons. The van der Waals surface area contributed by atoms with Crippen molar-refractivity contribution in [2.45, 2.75) is 39.2 Å². The largest absolute Gasteiger partial charge is 0.360 e. The van der Waals surface area contributed by atoms with Crippen molar-refractivity contribution in [1.82, 2.24) is 5.16 Å². The summed E-state index contributed by atoms with van der Waals surface area (Å²) in [4.78, 5) is 26.6. The summed E-state index contributed by atoms with van der Waals surface area (Å²) in [5.41, 5.74) is 1.91. The molecule has 3 rings (SSSR count). The lowest BCUT2D eigenvalue weighted by Gasteiger charge is -2.28. The molecular formula is C17H19N3O3. The van der Waals surface area contributed by atoms with Crippen LogP contribution in [0.3, 0.4) is 0 Å². The number of para-hydroxylation sites is 1. The molecule has 6 heteroatoms. The highest BCUT2D eigenvalue weighted by molar-refractivity contribution is 6.05.